The summed E-state index contributed by atoms with van der Waals surface area (Å²) in [6.07, 6.45) is 0.0645. The third-order valence-electron chi connectivity index (χ3n) is 2.62. The molecule has 0 aromatic heterocycles. The van der Waals surface area contributed by atoms with Crippen LogP contribution in [0.3, 0.4) is 0 Å². The lowest BCUT2D eigenvalue weighted by Crippen LogP contribution is -2.25. The zero-order valence-corrected chi connectivity index (χ0v) is 7.79. The quantitative estimate of drug-likeness (QED) is 0.564. The SMILES string of the molecule is Fc1ccc(C2(F)CCNC2)c(F)c1F. The monoisotopic (exact) mass is 219 g/mol. The molecule has 1 aromatic carbocycles. The largest absolute Gasteiger partial charge is 0.313 e. The van der Waals surface area contributed by atoms with Gasteiger partial charge in [0.05, 0.1) is 0 Å². The Bertz CT molecular complexity index is 385. The Morgan fingerprint density at radius 2 is 1.87 bits per heavy atom. The highest BCUT2D eigenvalue weighted by molar-refractivity contribution is 5.28. The summed E-state index contributed by atoms with van der Waals surface area (Å²) < 4.78 is 52.8. The van der Waals surface area contributed by atoms with Gasteiger partial charge in [0.15, 0.2) is 23.1 Å². The number of nitrogens with one attached hydrogen (secondary N) is 1. The number of rotatable bonds is 1. The van der Waals surface area contributed by atoms with Crippen LogP contribution in [0.25, 0.3) is 0 Å². The zero-order chi connectivity index (χ0) is 11.1. The fourth-order valence-electron chi connectivity index (χ4n) is 1.76. The Kier molecular flexibility index (Phi) is 2.42. The van der Waals surface area contributed by atoms with Crippen molar-refractivity contribution in [2.45, 2.75) is 12.1 Å². The third-order valence-corrected chi connectivity index (χ3v) is 2.62. The van der Waals surface area contributed by atoms with E-state index in [1.165, 1.54) is 0 Å². The van der Waals surface area contributed by atoms with Crippen molar-refractivity contribution in [1.82, 2.24) is 5.32 Å². The number of halogens is 4. The topological polar surface area (TPSA) is 12.0 Å². The van der Waals surface area contributed by atoms with Gasteiger partial charge in [-0.2, -0.15) is 0 Å². The van der Waals surface area contributed by atoms with Gasteiger partial charge in [-0.05, 0) is 25.1 Å². The zero-order valence-electron chi connectivity index (χ0n) is 7.79. The first-order valence-corrected chi connectivity index (χ1v) is 4.58. The molecule has 1 unspecified atom stereocenters. The maximum atomic E-state index is 14.0. The van der Waals surface area contributed by atoms with Gasteiger partial charge < -0.3 is 5.32 Å². The molecule has 1 N–H and O–H groups in total. The van der Waals surface area contributed by atoms with Crippen LogP contribution in [-0.4, -0.2) is 13.1 Å². The summed E-state index contributed by atoms with van der Waals surface area (Å²) in [6, 6.07) is 1.70. The molecule has 1 atom stereocenters. The lowest BCUT2D eigenvalue weighted by molar-refractivity contribution is 0.184. The molecule has 82 valence electrons. The average Bonchev–Trinajstić information content (AvgIpc) is 2.62. The van der Waals surface area contributed by atoms with Crippen molar-refractivity contribution in [3.05, 3.63) is 35.1 Å². The van der Waals surface area contributed by atoms with Gasteiger partial charge in [-0.25, -0.2) is 17.6 Å². The molecule has 0 radical (unpaired) electrons. The average molecular weight is 219 g/mol. The number of hydrogen-bond donors (Lipinski definition) is 1. The van der Waals surface area contributed by atoms with E-state index in [1.807, 2.05) is 0 Å². The van der Waals surface area contributed by atoms with Crippen molar-refractivity contribution >= 4 is 0 Å². The summed E-state index contributed by atoms with van der Waals surface area (Å²) in [4.78, 5) is 0. The number of hydrogen-bond acceptors (Lipinski definition) is 1. The molecule has 0 saturated carbocycles. The minimum absolute atomic E-state index is 0.0645. The Labute approximate surface area is 84.1 Å². The van der Waals surface area contributed by atoms with Crippen LogP contribution in [0, 0.1) is 17.5 Å². The van der Waals surface area contributed by atoms with E-state index in [2.05, 4.69) is 5.32 Å². The second-order valence-corrected chi connectivity index (χ2v) is 3.61. The van der Waals surface area contributed by atoms with Gasteiger partial charge >= 0.3 is 0 Å². The van der Waals surface area contributed by atoms with Gasteiger partial charge in [0, 0.05) is 12.1 Å². The predicted molar refractivity (Wildman–Crippen MR) is 46.6 cm³/mol. The van der Waals surface area contributed by atoms with Gasteiger partial charge in [-0.1, -0.05) is 0 Å². The van der Waals surface area contributed by atoms with Crippen LogP contribution in [0.4, 0.5) is 17.6 Å². The smallest absolute Gasteiger partial charge is 0.194 e. The second-order valence-electron chi connectivity index (χ2n) is 3.61. The van der Waals surface area contributed by atoms with E-state index in [9.17, 15) is 17.6 Å². The maximum absolute atomic E-state index is 14.0. The molecule has 15 heavy (non-hydrogen) atoms. The highest BCUT2D eigenvalue weighted by Crippen LogP contribution is 2.34. The second kappa shape index (κ2) is 3.48. The van der Waals surface area contributed by atoms with Gasteiger partial charge in [0.1, 0.15) is 0 Å². The third kappa shape index (κ3) is 1.61. The molecule has 1 nitrogen and oxygen atoms in total. The Balaban J connectivity index is 2.49. The lowest BCUT2D eigenvalue weighted by atomic mass is 9.94. The Morgan fingerprint density at radius 3 is 2.47 bits per heavy atom. The minimum atomic E-state index is -1.93. The van der Waals surface area contributed by atoms with Crippen LogP contribution in [0.1, 0.15) is 12.0 Å². The van der Waals surface area contributed by atoms with E-state index in [-0.39, 0.29) is 13.0 Å². The van der Waals surface area contributed by atoms with Crippen molar-refractivity contribution in [2.24, 2.45) is 0 Å². The van der Waals surface area contributed by atoms with Gasteiger partial charge in [-0.3, -0.25) is 0 Å². The van der Waals surface area contributed by atoms with Crippen LogP contribution < -0.4 is 5.32 Å². The summed E-state index contributed by atoms with van der Waals surface area (Å²) in [5, 5.41) is 2.71. The van der Waals surface area contributed by atoms with E-state index in [4.69, 9.17) is 0 Å². The molecular formula is C10H9F4N. The molecular weight excluding hydrogens is 210 g/mol. The van der Waals surface area contributed by atoms with Crippen LogP contribution in [-0.2, 0) is 5.67 Å². The first-order valence-electron chi connectivity index (χ1n) is 4.58. The fourth-order valence-corrected chi connectivity index (χ4v) is 1.76. The van der Waals surface area contributed by atoms with Crippen molar-refractivity contribution in [2.75, 3.05) is 13.1 Å². The standard InChI is InChI=1S/C10H9F4N/c11-7-2-1-6(8(12)9(7)13)10(14)3-4-15-5-10/h1-2,15H,3-5H2. The van der Waals surface area contributed by atoms with E-state index in [1.54, 1.807) is 0 Å². The van der Waals surface area contributed by atoms with Crippen molar-refractivity contribution in [3.63, 3.8) is 0 Å². The lowest BCUT2D eigenvalue weighted by Gasteiger charge is -2.19. The van der Waals surface area contributed by atoms with E-state index >= 15 is 0 Å². The summed E-state index contributed by atoms with van der Waals surface area (Å²) in [5.74, 6) is -4.34. The first-order chi connectivity index (χ1) is 7.04. The molecule has 0 bridgehead atoms. The van der Waals surface area contributed by atoms with Crippen LogP contribution in [0.5, 0.6) is 0 Å². The van der Waals surface area contributed by atoms with Crippen LogP contribution in [0.15, 0.2) is 12.1 Å². The molecule has 1 heterocycles. The van der Waals surface area contributed by atoms with E-state index in [0.717, 1.165) is 12.1 Å². The molecule has 1 aliphatic heterocycles. The highest BCUT2D eigenvalue weighted by Gasteiger charge is 2.39. The molecule has 1 fully saturated rings. The van der Waals surface area contributed by atoms with E-state index in [0.29, 0.717) is 6.54 Å². The highest BCUT2D eigenvalue weighted by atomic mass is 19.2. The van der Waals surface area contributed by atoms with Crippen molar-refractivity contribution < 1.29 is 17.6 Å². The van der Waals surface area contributed by atoms with Crippen LogP contribution in [0.2, 0.25) is 0 Å². The van der Waals surface area contributed by atoms with Crippen molar-refractivity contribution in [1.29, 1.82) is 0 Å². The maximum Gasteiger partial charge on any atom is 0.194 e. The van der Waals surface area contributed by atoms with Gasteiger partial charge in [-0.15, -0.1) is 0 Å². The van der Waals surface area contributed by atoms with Crippen molar-refractivity contribution in [3.8, 4) is 0 Å². The van der Waals surface area contributed by atoms with Gasteiger partial charge in [0.25, 0.3) is 0 Å². The normalized spacial score (nSPS) is 25.9. The van der Waals surface area contributed by atoms with E-state index < -0.39 is 28.7 Å². The van der Waals surface area contributed by atoms with Gasteiger partial charge in [0.2, 0.25) is 0 Å². The molecule has 5 heteroatoms. The molecule has 0 spiro atoms. The summed E-state index contributed by atoms with van der Waals surface area (Å²) in [5.41, 5.74) is -2.34. The molecule has 1 saturated heterocycles. The summed E-state index contributed by atoms with van der Waals surface area (Å²) in [6.45, 7) is 0.323. The minimum Gasteiger partial charge on any atom is -0.313 e. The molecule has 1 aliphatic rings. The fraction of sp³-hybridized carbons (Fsp3) is 0.400. The molecule has 2 rings (SSSR count). The molecule has 1 aromatic rings. The Hall–Kier alpha value is -1.10. The number of benzene rings is 1. The predicted octanol–water partition coefficient (Wildman–Crippen LogP) is 2.26. The molecule has 0 amide bonds. The van der Waals surface area contributed by atoms with Crippen LogP contribution >= 0.6 is 0 Å². The summed E-state index contributed by atoms with van der Waals surface area (Å²) in [7, 11) is 0. The molecule has 0 aliphatic carbocycles. The first kappa shape index (κ1) is 10.4. The Morgan fingerprint density at radius 1 is 1.13 bits per heavy atom. The number of alkyl halides is 1. The summed E-state index contributed by atoms with van der Waals surface area (Å²) >= 11 is 0.